The van der Waals surface area contributed by atoms with E-state index < -0.39 is 0 Å². The zero-order valence-electron chi connectivity index (χ0n) is 12.4. The molecule has 1 N–H and O–H groups in total. The number of nitrogens with zero attached hydrogens (tertiary/aromatic N) is 2. The molecular formula is C16H22FN3. The van der Waals surface area contributed by atoms with Crippen molar-refractivity contribution in [2.75, 3.05) is 6.54 Å². The Kier molecular flexibility index (Phi) is 4.90. The molecule has 0 amide bonds. The van der Waals surface area contributed by atoms with Crippen molar-refractivity contribution in [3.05, 3.63) is 47.8 Å². The number of rotatable bonds is 6. The quantitative estimate of drug-likeness (QED) is 0.872. The van der Waals surface area contributed by atoms with Gasteiger partial charge in [-0.15, -0.1) is 0 Å². The fourth-order valence-corrected chi connectivity index (χ4v) is 2.41. The summed E-state index contributed by atoms with van der Waals surface area (Å²) in [5.74, 6) is 0.666. The number of imidazole rings is 1. The third kappa shape index (κ3) is 2.90. The van der Waals surface area contributed by atoms with E-state index in [4.69, 9.17) is 0 Å². The Morgan fingerprint density at radius 2 is 2.15 bits per heavy atom. The van der Waals surface area contributed by atoms with Gasteiger partial charge in [-0.2, -0.15) is 0 Å². The molecule has 2 aromatic rings. The first-order valence-corrected chi connectivity index (χ1v) is 7.23. The van der Waals surface area contributed by atoms with Crippen molar-refractivity contribution in [1.82, 2.24) is 14.9 Å². The number of halogens is 1. The number of aryl methyl sites for hydroxylation is 1. The molecule has 0 fully saturated rings. The Morgan fingerprint density at radius 3 is 2.85 bits per heavy atom. The predicted molar refractivity (Wildman–Crippen MR) is 79.6 cm³/mol. The first kappa shape index (κ1) is 14.7. The van der Waals surface area contributed by atoms with Gasteiger partial charge in [0, 0.05) is 24.9 Å². The summed E-state index contributed by atoms with van der Waals surface area (Å²) in [6.45, 7) is 7.13. The van der Waals surface area contributed by atoms with Crippen LogP contribution in [-0.4, -0.2) is 16.1 Å². The number of nitrogens with one attached hydrogen (secondary N) is 1. The molecule has 2 rings (SSSR count). The third-order valence-electron chi connectivity index (χ3n) is 3.46. The molecule has 0 aliphatic rings. The smallest absolute Gasteiger partial charge is 0.147 e. The molecule has 1 aromatic heterocycles. The Balaban J connectivity index is 2.46. The third-order valence-corrected chi connectivity index (χ3v) is 3.46. The van der Waals surface area contributed by atoms with E-state index in [2.05, 4.69) is 24.1 Å². The van der Waals surface area contributed by atoms with Gasteiger partial charge in [-0.1, -0.05) is 26.0 Å². The van der Waals surface area contributed by atoms with Crippen LogP contribution in [0.3, 0.4) is 0 Å². The number of para-hydroxylation sites is 1. The van der Waals surface area contributed by atoms with E-state index in [-0.39, 0.29) is 11.9 Å². The van der Waals surface area contributed by atoms with E-state index in [0.29, 0.717) is 5.69 Å². The van der Waals surface area contributed by atoms with Crippen LogP contribution in [0.1, 0.15) is 44.6 Å². The van der Waals surface area contributed by atoms with Gasteiger partial charge in [-0.3, -0.25) is 0 Å². The maximum Gasteiger partial charge on any atom is 0.147 e. The van der Waals surface area contributed by atoms with Crippen LogP contribution >= 0.6 is 0 Å². The lowest BCUT2D eigenvalue weighted by atomic mass is 10.0. The molecular weight excluding hydrogens is 253 g/mol. The van der Waals surface area contributed by atoms with Crippen LogP contribution in [0.25, 0.3) is 5.69 Å². The average Bonchev–Trinajstić information content (AvgIpc) is 2.92. The molecule has 1 atom stereocenters. The summed E-state index contributed by atoms with van der Waals surface area (Å²) in [5, 5.41) is 3.42. The minimum absolute atomic E-state index is 0.104. The molecule has 108 valence electrons. The van der Waals surface area contributed by atoms with Gasteiger partial charge in [-0.25, -0.2) is 9.37 Å². The summed E-state index contributed by atoms with van der Waals surface area (Å²) < 4.78 is 16.2. The maximum atomic E-state index is 14.3. The molecule has 3 nitrogen and oxygen atoms in total. The second kappa shape index (κ2) is 6.66. The lowest BCUT2D eigenvalue weighted by Crippen LogP contribution is -2.21. The number of hydrogen-bond donors (Lipinski definition) is 1. The fourth-order valence-electron chi connectivity index (χ4n) is 2.41. The molecule has 1 unspecified atom stereocenters. The van der Waals surface area contributed by atoms with Gasteiger partial charge in [0.2, 0.25) is 0 Å². The normalized spacial score (nSPS) is 12.6. The Labute approximate surface area is 119 Å². The summed E-state index contributed by atoms with van der Waals surface area (Å²) in [7, 11) is 0. The molecule has 1 heterocycles. The molecule has 0 radical (unpaired) electrons. The zero-order chi connectivity index (χ0) is 14.5. The van der Waals surface area contributed by atoms with E-state index in [1.54, 1.807) is 12.3 Å². The summed E-state index contributed by atoms with van der Waals surface area (Å²) in [5.41, 5.74) is 1.57. The van der Waals surface area contributed by atoms with Crippen LogP contribution in [-0.2, 0) is 6.42 Å². The lowest BCUT2D eigenvalue weighted by molar-refractivity contribution is 0.555. The minimum atomic E-state index is -0.208. The van der Waals surface area contributed by atoms with Gasteiger partial charge in [0.15, 0.2) is 0 Å². The first-order valence-electron chi connectivity index (χ1n) is 7.23. The molecule has 0 spiro atoms. The molecule has 0 saturated heterocycles. The van der Waals surface area contributed by atoms with Crippen molar-refractivity contribution >= 4 is 0 Å². The summed E-state index contributed by atoms with van der Waals surface area (Å²) >= 11 is 0. The van der Waals surface area contributed by atoms with Crippen LogP contribution in [0, 0.1) is 5.82 Å². The second-order valence-corrected chi connectivity index (χ2v) is 4.92. The van der Waals surface area contributed by atoms with E-state index in [1.165, 1.54) is 6.07 Å². The highest BCUT2D eigenvalue weighted by Gasteiger charge is 2.17. The fraction of sp³-hybridized carbons (Fsp3) is 0.438. The van der Waals surface area contributed by atoms with E-state index in [0.717, 1.165) is 30.8 Å². The topological polar surface area (TPSA) is 29.9 Å². The number of benzene rings is 1. The van der Waals surface area contributed by atoms with Crippen molar-refractivity contribution in [3.63, 3.8) is 0 Å². The van der Waals surface area contributed by atoms with E-state index in [1.807, 2.05) is 23.8 Å². The van der Waals surface area contributed by atoms with Crippen molar-refractivity contribution in [3.8, 4) is 5.69 Å². The van der Waals surface area contributed by atoms with Gasteiger partial charge >= 0.3 is 0 Å². The highest BCUT2D eigenvalue weighted by molar-refractivity contribution is 5.45. The van der Waals surface area contributed by atoms with Gasteiger partial charge in [0.05, 0.1) is 5.69 Å². The summed E-state index contributed by atoms with van der Waals surface area (Å²) in [4.78, 5) is 4.29. The van der Waals surface area contributed by atoms with Crippen molar-refractivity contribution in [2.24, 2.45) is 0 Å². The zero-order valence-corrected chi connectivity index (χ0v) is 12.4. The SMILES string of the molecule is CCCNC(C)c1cccc(F)c1-n1ccnc1CC. The highest BCUT2D eigenvalue weighted by Crippen LogP contribution is 2.25. The highest BCUT2D eigenvalue weighted by atomic mass is 19.1. The van der Waals surface area contributed by atoms with Crippen molar-refractivity contribution in [2.45, 2.75) is 39.7 Å². The molecule has 0 aliphatic carbocycles. The second-order valence-electron chi connectivity index (χ2n) is 4.92. The molecule has 1 aromatic carbocycles. The van der Waals surface area contributed by atoms with Crippen LogP contribution in [0.2, 0.25) is 0 Å². The molecule has 0 bridgehead atoms. The van der Waals surface area contributed by atoms with Crippen LogP contribution < -0.4 is 5.32 Å². The van der Waals surface area contributed by atoms with Gasteiger partial charge in [0.25, 0.3) is 0 Å². The maximum absolute atomic E-state index is 14.3. The largest absolute Gasteiger partial charge is 0.310 e. The Bertz CT molecular complexity index is 563. The van der Waals surface area contributed by atoms with Gasteiger partial charge in [0.1, 0.15) is 11.6 Å². The first-order chi connectivity index (χ1) is 9.69. The molecule has 0 aliphatic heterocycles. The standard InChI is InChI=1S/C16H22FN3/c1-4-9-18-12(3)13-7-6-8-14(17)16(13)20-11-10-19-15(20)5-2/h6-8,10-12,18H,4-5,9H2,1-3H3. The van der Waals surface area contributed by atoms with Crippen LogP contribution in [0.4, 0.5) is 4.39 Å². The molecule has 20 heavy (non-hydrogen) atoms. The van der Waals surface area contributed by atoms with Gasteiger partial charge in [-0.05, 0) is 31.5 Å². The summed E-state index contributed by atoms with van der Waals surface area (Å²) in [6, 6.07) is 5.35. The van der Waals surface area contributed by atoms with E-state index >= 15 is 0 Å². The van der Waals surface area contributed by atoms with E-state index in [9.17, 15) is 4.39 Å². The van der Waals surface area contributed by atoms with Crippen molar-refractivity contribution in [1.29, 1.82) is 0 Å². The number of hydrogen-bond acceptors (Lipinski definition) is 2. The van der Waals surface area contributed by atoms with Gasteiger partial charge < -0.3 is 9.88 Å². The summed E-state index contributed by atoms with van der Waals surface area (Å²) in [6.07, 6.45) is 5.38. The van der Waals surface area contributed by atoms with Crippen LogP contribution in [0.5, 0.6) is 0 Å². The number of aromatic nitrogens is 2. The molecule has 4 heteroatoms. The van der Waals surface area contributed by atoms with Crippen molar-refractivity contribution < 1.29 is 4.39 Å². The monoisotopic (exact) mass is 275 g/mol. The molecule has 0 saturated carbocycles. The Morgan fingerprint density at radius 1 is 1.35 bits per heavy atom. The van der Waals surface area contributed by atoms with Crippen LogP contribution in [0.15, 0.2) is 30.6 Å². The lowest BCUT2D eigenvalue weighted by Gasteiger charge is -2.19. The Hall–Kier alpha value is -1.68. The minimum Gasteiger partial charge on any atom is -0.310 e. The predicted octanol–water partition coefficient (Wildman–Crippen LogP) is 3.63. The average molecular weight is 275 g/mol.